The van der Waals surface area contributed by atoms with E-state index in [1.807, 2.05) is 42.5 Å². The largest absolute Gasteiger partial charge is 0.392 e. The van der Waals surface area contributed by atoms with Gasteiger partial charge >= 0.3 is 0 Å². The van der Waals surface area contributed by atoms with E-state index in [1.54, 1.807) is 6.92 Å². The molecule has 3 amide bonds. The lowest BCUT2D eigenvalue weighted by Crippen LogP contribution is -2.59. The molecular formula is C34H52N4O5. The standard InChI is InChI=1S/C34H52N4O5/c1-22(2)15-28(16-23(3)4)33(42)38(34(43)30-11-8-14-36-30)31(32(41)37-21-29(40)20-35-19-24(5)39)18-25-12-13-26-9-6-7-10-27(26)17-25/h6-7,9-10,12-13,17,22-24,28-31,35-36,39-40H,8,11,14-16,18-21H2,1-5H3,(H,37,41)/t24-,29?,30+,31-/m1/s1. The van der Waals surface area contributed by atoms with E-state index < -0.39 is 36.1 Å². The lowest BCUT2D eigenvalue weighted by Gasteiger charge is -2.35. The number of hydrogen-bond acceptors (Lipinski definition) is 7. The first-order valence-corrected chi connectivity index (χ1v) is 15.9. The van der Waals surface area contributed by atoms with Crippen molar-refractivity contribution in [2.75, 3.05) is 26.2 Å². The summed E-state index contributed by atoms with van der Waals surface area (Å²) in [5, 5.41) is 31.1. The molecule has 5 N–H and O–H groups in total. The molecule has 1 aliphatic heterocycles. The molecule has 0 bridgehead atoms. The van der Waals surface area contributed by atoms with Gasteiger partial charge in [-0.05, 0) is 67.3 Å². The lowest BCUT2D eigenvalue weighted by atomic mass is 9.87. The summed E-state index contributed by atoms with van der Waals surface area (Å²) in [5.74, 6) is -1.05. The molecule has 1 unspecified atom stereocenters. The Balaban J connectivity index is 1.98. The van der Waals surface area contributed by atoms with E-state index in [1.165, 1.54) is 4.90 Å². The van der Waals surface area contributed by atoms with E-state index in [9.17, 15) is 24.6 Å². The normalized spacial score (nSPS) is 17.4. The van der Waals surface area contributed by atoms with Gasteiger partial charge in [0.15, 0.2) is 0 Å². The minimum Gasteiger partial charge on any atom is -0.392 e. The number of aliphatic hydroxyl groups excluding tert-OH is 2. The Morgan fingerprint density at radius 1 is 0.930 bits per heavy atom. The van der Waals surface area contributed by atoms with Crippen LogP contribution in [0, 0.1) is 17.8 Å². The van der Waals surface area contributed by atoms with Crippen molar-refractivity contribution in [2.45, 2.75) is 91.0 Å². The maximum atomic E-state index is 14.4. The van der Waals surface area contributed by atoms with E-state index in [0.717, 1.165) is 22.8 Å². The third-order valence-electron chi connectivity index (χ3n) is 7.88. The molecule has 2 aromatic carbocycles. The van der Waals surface area contributed by atoms with Crippen LogP contribution in [0.3, 0.4) is 0 Å². The van der Waals surface area contributed by atoms with Crippen LogP contribution in [-0.2, 0) is 20.8 Å². The highest BCUT2D eigenvalue weighted by Gasteiger charge is 2.41. The van der Waals surface area contributed by atoms with Crippen molar-refractivity contribution in [3.63, 3.8) is 0 Å². The zero-order valence-electron chi connectivity index (χ0n) is 26.5. The molecule has 4 atom stereocenters. The molecule has 3 rings (SSSR count). The van der Waals surface area contributed by atoms with Crippen LogP contribution in [0.1, 0.15) is 65.9 Å². The van der Waals surface area contributed by atoms with Crippen LogP contribution in [0.2, 0.25) is 0 Å². The first kappa shape index (κ1) is 34.6. The third-order valence-corrected chi connectivity index (χ3v) is 7.88. The average molecular weight is 597 g/mol. The van der Waals surface area contributed by atoms with Crippen molar-refractivity contribution in [1.29, 1.82) is 0 Å². The summed E-state index contributed by atoms with van der Waals surface area (Å²) in [6, 6.07) is 12.3. The molecule has 9 heteroatoms. The number of amides is 3. The van der Waals surface area contributed by atoms with Gasteiger partial charge in [0, 0.05) is 32.0 Å². The van der Waals surface area contributed by atoms with Crippen molar-refractivity contribution < 1.29 is 24.6 Å². The van der Waals surface area contributed by atoms with Crippen LogP contribution in [0.25, 0.3) is 10.8 Å². The Morgan fingerprint density at radius 2 is 1.60 bits per heavy atom. The highest BCUT2D eigenvalue weighted by molar-refractivity contribution is 6.03. The molecule has 0 spiro atoms. The number of benzene rings is 2. The molecule has 1 heterocycles. The summed E-state index contributed by atoms with van der Waals surface area (Å²) >= 11 is 0. The molecule has 2 aromatic rings. The van der Waals surface area contributed by atoms with E-state index in [0.29, 0.717) is 32.4 Å². The molecule has 43 heavy (non-hydrogen) atoms. The molecule has 0 saturated carbocycles. The zero-order valence-corrected chi connectivity index (χ0v) is 26.5. The molecule has 1 saturated heterocycles. The molecule has 238 valence electrons. The Kier molecular flexibility index (Phi) is 13.6. The van der Waals surface area contributed by atoms with Crippen molar-refractivity contribution in [3.8, 4) is 0 Å². The number of carbonyl (C=O) groups is 3. The molecular weight excluding hydrogens is 544 g/mol. The van der Waals surface area contributed by atoms with Crippen LogP contribution >= 0.6 is 0 Å². The molecule has 1 fully saturated rings. The van der Waals surface area contributed by atoms with E-state index in [-0.39, 0.29) is 43.2 Å². The fourth-order valence-electron chi connectivity index (χ4n) is 5.87. The van der Waals surface area contributed by atoms with Gasteiger partial charge in [-0.2, -0.15) is 0 Å². The van der Waals surface area contributed by atoms with Crippen molar-refractivity contribution in [2.24, 2.45) is 17.8 Å². The number of nitrogens with one attached hydrogen (secondary N) is 3. The smallest absolute Gasteiger partial charge is 0.247 e. The maximum Gasteiger partial charge on any atom is 0.247 e. The average Bonchev–Trinajstić information content (AvgIpc) is 3.49. The topological polar surface area (TPSA) is 131 Å². The monoisotopic (exact) mass is 596 g/mol. The number of imide groups is 1. The summed E-state index contributed by atoms with van der Waals surface area (Å²) in [4.78, 5) is 43.8. The Bertz CT molecular complexity index is 1180. The van der Waals surface area contributed by atoms with Crippen LogP contribution in [-0.4, -0.2) is 83.3 Å². The summed E-state index contributed by atoms with van der Waals surface area (Å²) in [7, 11) is 0. The number of carbonyl (C=O) groups excluding carboxylic acids is 3. The second kappa shape index (κ2) is 16.9. The Morgan fingerprint density at radius 3 is 2.21 bits per heavy atom. The highest BCUT2D eigenvalue weighted by Crippen LogP contribution is 2.27. The second-order valence-corrected chi connectivity index (χ2v) is 13.0. The third kappa shape index (κ3) is 10.7. The minimum atomic E-state index is -1.08. The number of nitrogens with zero attached hydrogens (tertiary/aromatic N) is 1. The van der Waals surface area contributed by atoms with Gasteiger partial charge in [-0.25, -0.2) is 0 Å². The highest BCUT2D eigenvalue weighted by atomic mass is 16.3. The fourth-order valence-corrected chi connectivity index (χ4v) is 5.87. The summed E-state index contributed by atoms with van der Waals surface area (Å²) in [6.07, 6.45) is 1.37. The van der Waals surface area contributed by atoms with Crippen LogP contribution in [0.4, 0.5) is 0 Å². The van der Waals surface area contributed by atoms with Gasteiger partial charge in [-0.1, -0.05) is 70.2 Å². The first-order valence-electron chi connectivity index (χ1n) is 15.9. The second-order valence-electron chi connectivity index (χ2n) is 13.0. The Hall–Kier alpha value is -2.85. The lowest BCUT2D eigenvalue weighted by molar-refractivity contribution is -0.156. The van der Waals surface area contributed by atoms with Crippen molar-refractivity contribution in [1.82, 2.24) is 20.9 Å². The summed E-state index contributed by atoms with van der Waals surface area (Å²) in [6.45, 7) is 11.0. The predicted octanol–water partition coefficient (Wildman–Crippen LogP) is 3.01. The van der Waals surface area contributed by atoms with E-state index >= 15 is 0 Å². The molecule has 0 aliphatic carbocycles. The number of aliphatic hydroxyl groups is 2. The summed E-state index contributed by atoms with van der Waals surface area (Å²) < 4.78 is 0. The van der Waals surface area contributed by atoms with Gasteiger partial charge in [0.1, 0.15) is 6.04 Å². The maximum absolute atomic E-state index is 14.4. The molecule has 1 aliphatic rings. The van der Waals surface area contributed by atoms with Crippen LogP contribution in [0.15, 0.2) is 42.5 Å². The van der Waals surface area contributed by atoms with Crippen LogP contribution < -0.4 is 16.0 Å². The molecule has 0 aromatic heterocycles. The van der Waals surface area contributed by atoms with Crippen molar-refractivity contribution in [3.05, 3.63) is 48.0 Å². The number of rotatable bonds is 16. The molecule has 9 nitrogen and oxygen atoms in total. The van der Waals surface area contributed by atoms with Gasteiger partial charge in [0.25, 0.3) is 0 Å². The van der Waals surface area contributed by atoms with Gasteiger partial charge in [-0.15, -0.1) is 0 Å². The molecule has 0 radical (unpaired) electrons. The SMILES string of the molecule is CC(C)CC(CC(C)C)C(=O)N(C(=O)[C@@H]1CCCN1)[C@H](Cc1ccc2ccccc2c1)C(=O)NCC(O)CNC[C@@H](C)O. The first-order chi connectivity index (χ1) is 20.5. The number of fused-ring (bicyclic) bond motifs is 1. The number of hydrogen-bond donors (Lipinski definition) is 5. The van der Waals surface area contributed by atoms with E-state index in [2.05, 4.69) is 43.6 Å². The fraction of sp³-hybridized carbons (Fsp3) is 0.618. The Labute approximate surface area is 256 Å². The summed E-state index contributed by atoms with van der Waals surface area (Å²) in [5.41, 5.74) is 0.840. The zero-order chi connectivity index (χ0) is 31.5. The predicted molar refractivity (Wildman–Crippen MR) is 170 cm³/mol. The van der Waals surface area contributed by atoms with Crippen LogP contribution in [0.5, 0.6) is 0 Å². The van der Waals surface area contributed by atoms with Gasteiger partial charge in [0.2, 0.25) is 17.7 Å². The van der Waals surface area contributed by atoms with E-state index in [4.69, 9.17) is 0 Å². The van der Waals surface area contributed by atoms with Crippen molar-refractivity contribution >= 4 is 28.5 Å². The van der Waals surface area contributed by atoms with Gasteiger partial charge in [-0.3, -0.25) is 19.3 Å². The minimum absolute atomic E-state index is 0.0564. The van der Waals surface area contributed by atoms with Gasteiger partial charge < -0.3 is 26.2 Å². The van der Waals surface area contributed by atoms with Gasteiger partial charge in [0.05, 0.1) is 18.2 Å². The quantitative estimate of drug-likeness (QED) is 0.201.